The van der Waals surface area contributed by atoms with E-state index in [0.717, 1.165) is 36.8 Å². The zero-order valence-corrected chi connectivity index (χ0v) is 17.5. The van der Waals surface area contributed by atoms with Gasteiger partial charge >= 0.3 is 5.97 Å². The lowest BCUT2D eigenvalue weighted by atomic mass is 9.69. The van der Waals surface area contributed by atoms with Gasteiger partial charge in [-0.3, -0.25) is 0 Å². The van der Waals surface area contributed by atoms with Crippen molar-refractivity contribution in [2.45, 2.75) is 63.4 Å². The fourth-order valence-corrected chi connectivity index (χ4v) is 5.32. The Morgan fingerprint density at radius 3 is 2.40 bits per heavy atom. The first kappa shape index (κ1) is 20.5. The molecule has 1 aliphatic carbocycles. The normalized spacial score (nSPS) is 23.8. The van der Waals surface area contributed by atoms with Crippen LogP contribution in [0.15, 0.2) is 65.9 Å². The summed E-state index contributed by atoms with van der Waals surface area (Å²) in [6.07, 6.45) is 6.36. The smallest absolute Gasteiger partial charge is 0.338 e. The van der Waals surface area contributed by atoms with Crippen molar-refractivity contribution in [2.75, 3.05) is 0 Å². The number of carbonyl (C=O) groups is 1. The molecule has 1 aliphatic heterocycles. The Hall–Kier alpha value is -2.75. The van der Waals surface area contributed by atoms with Crippen LogP contribution in [0.25, 0.3) is 0 Å². The number of aliphatic hydroxyl groups is 1. The Bertz CT molecular complexity index is 927. The van der Waals surface area contributed by atoms with Crippen molar-refractivity contribution >= 4 is 5.97 Å². The van der Waals surface area contributed by atoms with Gasteiger partial charge in [-0.2, -0.15) is 0 Å². The standard InChI is InChI=1S/C26H30O4/c1-2-22(18-10-9-15-21(27)16-18)24-23(28)17-26(30-25(24)29,19-11-5-3-6-12-19)20-13-7-4-8-14-20/h3,5-6,9-12,15-16,20,22,27-28H,2,4,7-8,13-14,17H2,1H3. The molecule has 0 amide bonds. The zero-order valence-electron chi connectivity index (χ0n) is 17.5. The predicted molar refractivity (Wildman–Crippen MR) is 116 cm³/mol. The molecular weight excluding hydrogens is 376 g/mol. The molecule has 2 aromatic carbocycles. The molecule has 0 spiro atoms. The van der Waals surface area contributed by atoms with E-state index in [0.29, 0.717) is 18.4 Å². The summed E-state index contributed by atoms with van der Waals surface area (Å²) in [6, 6.07) is 16.8. The number of carbonyl (C=O) groups excluding carboxylic acids is 1. The van der Waals surface area contributed by atoms with Gasteiger partial charge in [-0.1, -0.05) is 68.7 Å². The highest BCUT2D eigenvalue weighted by molar-refractivity contribution is 5.92. The number of aromatic hydroxyl groups is 1. The van der Waals surface area contributed by atoms with E-state index in [-0.39, 0.29) is 23.3 Å². The number of phenols is 1. The van der Waals surface area contributed by atoms with Crippen LogP contribution in [0.4, 0.5) is 0 Å². The minimum Gasteiger partial charge on any atom is -0.512 e. The maximum Gasteiger partial charge on any atom is 0.338 e. The van der Waals surface area contributed by atoms with E-state index in [1.54, 1.807) is 18.2 Å². The molecule has 0 radical (unpaired) electrons. The quantitative estimate of drug-likeness (QED) is 0.587. The van der Waals surface area contributed by atoms with E-state index in [1.165, 1.54) is 6.42 Å². The summed E-state index contributed by atoms with van der Waals surface area (Å²) in [5.74, 6) is -0.290. The number of hydrogen-bond donors (Lipinski definition) is 2. The number of hydrogen-bond acceptors (Lipinski definition) is 4. The molecule has 2 atom stereocenters. The number of rotatable bonds is 5. The van der Waals surface area contributed by atoms with Crippen LogP contribution in [-0.4, -0.2) is 16.2 Å². The third-order valence-corrected chi connectivity index (χ3v) is 6.79. The molecule has 4 rings (SSSR count). The molecule has 1 fully saturated rings. The second-order valence-electron chi connectivity index (χ2n) is 8.57. The molecule has 1 heterocycles. The number of cyclic esters (lactones) is 1. The summed E-state index contributed by atoms with van der Waals surface area (Å²) in [4.78, 5) is 13.4. The van der Waals surface area contributed by atoms with E-state index in [4.69, 9.17) is 4.74 Å². The van der Waals surface area contributed by atoms with Gasteiger partial charge in [0, 0.05) is 18.3 Å². The van der Waals surface area contributed by atoms with E-state index >= 15 is 0 Å². The van der Waals surface area contributed by atoms with Gasteiger partial charge in [-0.25, -0.2) is 4.79 Å². The highest BCUT2D eigenvalue weighted by atomic mass is 16.6. The first-order valence-corrected chi connectivity index (χ1v) is 11.0. The minimum absolute atomic E-state index is 0.121. The van der Waals surface area contributed by atoms with Crippen molar-refractivity contribution < 1.29 is 19.7 Å². The average Bonchev–Trinajstić information content (AvgIpc) is 2.77. The first-order valence-electron chi connectivity index (χ1n) is 11.0. The first-order chi connectivity index (χ1) is 14.5. The molecule has 158 valence electrons. The molecular formula is C26H30O4. The van der Waals surface area contributed by atoms with Crippen molar-refractivity contribution in [1.29, 1.82) is 0 Å². The molecule has 0 aromatic heterocycles. The van der Waals surface area contributed by atoms with Crippen LogP contribution < -0.4 is 0 Å². The Kier molecular flexibility index (Phi) is 5.85. The van der Waals surface area contributed by atoms with Gasteiger partial charge < -0.3 is 14.9 Å². The predicted octanol–water partition coefficient (Wildman–Crippen LogP) is 6.12. The highest BCUT2D eigenvalue weighted by Gasteiger charge is 2.50. The minimum atomic E-state index is -0.816. The summed E-state index contributed by atoms with van der Waals surface area (Å²) in [5, 5.41) is 21.1. The van der Waals surface area contributed by atoms with Gasteiger partial charge in [0.25, 0.3) is 0 Å². The fraction of sp³-hybridized carbons (Fsp3) is 0.423. The number of esters is 1. The van der Waals surface area contributed by atoms with Crippen molar-refractivity contribution in [3.63, 3.8) is 0 Å². The maximum absolute atomic E-state index is 13.4. The Morgan fingerprint density at radius 1 is 1.03 bits per heavy atom. The van der Waals surface area contributed by atoms with Crippen LogP contribution in [0, 0.1) is 5.92 Å². The lowest BCUT2D eigenvalue weighted by Crippen LogP contribution is -2.45. The van der Waals surface area contributed by atoms with Crippen molar-refractivity contribution in [3.8, 4) is 5.75 Å². The molecule has 2 unspecified atom stereocenters. The topological polar surface area (TPSA) is 66.8 Å². The molecule has 4 heteroatoms. The lowest BCUT2D eigenvalue weighted by Gasteiger charge is -2.45. The van der Waals surface area contributed by atoms with Crippen molar-refractivity contribution in [2.24, 2.45) is 5.92 Å². The van der Waals surface area contributed by atoms with Crippen LogP contribution in [0.3, 0.4) is 0 Å². The summed E-state index contributed by atoms with van der Waals surface area (Å²) in [6.45, 7) is 1.97. The van der Waals surface area contributed by atoms with Gasteiger partial charge in [0.05, 0.1) is 5.57 Å². The van der Waals surface area contributed by atoms with Crippen LogP contribution in [0.2, 0.25) is 0 Å². The Balaban J connectivity index is 1.77. The molecule has 2 aromatic rings. The van der Waals surface area contributed by atoms with Gasteiger partial charge in [-0.15, -0.1) is 0 Å². The van der Waals surface area contributed by atoms with E-state index in [9.17, 15) is 15.0 Å². The van der Waals surface area contributed by atoms with Gasteiger partial charge in [-0.05, 0) is 42.5 Å². The van der Waals surface area contributed by atoms with E-state index in [2.05, 4.69) is 0 Å². The average molecular weight is 407 g/mol. The van der Waals surface area contributed by atoms with Crippen molar-refractivity contribution in [1.82, 2.24) is 0 Å². The third kappa shape index (κ3) is 3.71. The molecule has 2 N–H and O–H groups in total. The number of ether oxygens (including phenoxy) is 1. The van der Waals surface area contributed by atoms with Crippen molar-refractivity contribution in [3.05, 3.63) is 77.1 Å². The molecule has 30 heavy (non-hydrogen) atoms. The molecule has 0 saturated heterocycles. The second kappa shape index (κ2) is 8.55. The summed E-state index contributed by atoms with van der Waals surface area (Å²) in [7, 11) is 0. The molecule has 0 bridgehead atoms. The number of aliphatic hydroxyl groups excluding tert-OH is 1. The Morgan fingerprint density at radius 2 is 1.77 bits per heavy atom. The van der Waals surface area contributed by atoms with Crippen LogP contribution in [0.5, 0.6) is 5.75 Å². The second-order valence-corrected chi connectivity index (χ2v) is 8.57. The summed E-state index contributed by atoms with van der Waals surface area (Å²) < 4.78 is 6.30. The largest absolute Gasteiger partial charge is 0.512 e. The van der Waals surface area contributed by atoms with Crippen LogP contribution in [0.1, 0.15) is 68.9 Å². The van der Waals surface area contributed by atoms with E-state index < -0.39 is 11.6 Å². The fourth-order valence-electron chi connectivity index (χ4n) is 5.32. The summed E-state index contributed by atoms with van der Waals surface area (Å²) in [5.41, 5.74) is 1.27. The summed E-state index contributed by atoms with van der Waals surface area (Å²) >= 11 is 0. The van der Waals surface area contributed by atoms with E-state index in [1.807, 2.05) is 43.3 Å². The monoisotopic (exact) mass is 406 g/mol. The van der Waals surface area contributed by atoms with Gasteiger partial charge in [0.1, 0.15) is 17.1 Å². The molecule has 4 nitrogen and oxygen atoms in total. The molecule has 1 saturated carbocycles. The molecule has 2 aliphatic rings. The van der Waals surface area contributed by atoms with Crippen LogP contribution in [-0.2, 0) is 15.1 Å². The third-order valence-electron chi connectivity index (χ3n) is 6.79. The lowest BCUT2D eigenvalue weighted by molar-refractivity contribution is -0.171. The zero-order chi connectivity index (χ0) is 21.1. The highest BCUT2D eigenvalue weighted by Crippen LogP contribution is 2.50. The van der Waals surface area contributed by atoms with Gasteiger partial charge in [0.15, 0.2) is 0 Å². The maximum atomic E-state index is 13.4. The number of benzene rings is 2. The Labute approximate surface area is 178 Å². The SMILES string of the molecule is CCC(C1=C(O)CC(c2ccccc2)(C2CCCCC2)OC1=O)c1cccc(O)c1. The van der Waals surface area contributed by atoms with Gasteiger partial charge in [0.2, 0.25) is 0 Å². The van der Waals surface area contributed by atoms with Crippen LogP contribution >= 0.6 is 0 Å². The number of phenolic OH excluding ortho intramolecular Hbond substituents is 1.